The highest BCUT2D eigenvalue weighted by molar-refractivity contribution is 6.00. The summed E-state index contributed by atoms with van der Waals surface area (Å²) in [5, 5.41) is 13.3. The molecule has 208 valence electrons. The third-order valence-electron chi connectivity index (χ3n) is 5.89. The lowest BCUT2D eigenvalue weighted by atomic mass is 9.94. The molecule has 0 fully saturated rings. The molecule has 0 atom stereocenters. The van der Waals surface area contributed by atoms with Crippen molar-refractivity contribution in [1.82, 2.24) is 26.6 Å². The average Bonchev–Trinajstić information content (AvgIpc) is 3.23. The fourth-order valence-electron chi connectivity index (χ4n) is 3.04. The van der Waals surface area contributed by atoms with Crippen LogP contribution in [0.1, 0.15) is 69.2 Å². The standard InChI is InChI=1S/C26H44N6O5/c1-22(2,27)17(33)29-24(5,6)19(35)31-26(9,10)21(37)32-25(7,8)20(36)30-23(3,4)18(34)28-15-16-13-11-12-14-16/h11-14,16H,15,27H2,1-10H3,(H,28,34)(H,29,33)(H,30,36)(H,31,35)(H,32,37). The first kappa shape index (κ1) is 31.8. The van der Waals surface area contributed by atoms with Crippen molar-refractivity contribution in [2.24, 2.45) is 11.7 Å². The van der Waals surface area contributed by atoms with Crippen LogP contribution in [0.4, 0.5) is 0 Å². The van der Waals surface area contributed by atoms with Crippen LogP contribution in [0.5, 0.6) is 0 Å². The average molecular weight is 521 g/mol. The molecule has 1 rings (SSSR count). The highest BCUT2D eigenvalue weighted by Crippen LogP contribution is 2.14. The van der Waals surface area contributed by atoms with Gasteiger partial charge in [0.25, 0.3) is 0 Å². The first-order valence-corrected chi connectivity index (χ1v) is 12.2. The molecule has 37 heavy (non-hydrogen) atoms. The van der Waals surface area contributed by atoms with Crippen LogP contribution in [-0.4, -0.2) is 63.8 Å². The summed E-state index contributed by atoms with van der Waals surface area (Å²) in [6.07, 6.45) is 7.71. The lowest BCUT2D eigenvalue weighted by Gasteiger charge is -2.36. The second-order valence-corrected chi connectivity index (χ2v) is 12.2. The molecule has 0 aromatic heterocycles. The predicted molar refractivity (Wildman–Crippen MR) is 142 cm³/mol. The number of hydrogen-bond donors (Lipinski definition) is 6. The van der Waals surface area contributed by atoms with Crippen molar-refractivity contribution in [1.29, 1.82) is 0 Å². The van der Waals surface area contributed by atoms with E-state index in [1.165, 1.54) is 55.4 Å². The van der Waals surface area contributed by atoms with Gasteiger partial charge in [0.2, 0.25) is 29.5 Å². The number of allylic oxidation sites excluding steroid dienone is 2. The summed E-state index contributed by atoms with van der Waals surface area (Å²) >= 11 is 0. The second kappa shape index (κ2) is 11.0. The molecule has 0 saturated heterocycles. The number of hydrogen-bond acceptors (Lipinski definition) is 6. The van der Waals surface area contributed by atoms with Gasteiger partial charge in [0.15, 0.2) is 0 Å². The van der Waals surface area contributed by atoms with Crippen LogP contribution in [0.15, 0.2) is 24.3 Å². The molecule has 0 aromatic rings. The summed E-state index contributed by atoms with van der Waals surface area (Å²) in [5.41, 5.74) is -0.866. The van der Waals surface area contributed by atoms with Gasteiger partial charge in [-0.25, -0.2) is 0 Å². The monoisotopic (exact) mass is 520 g/mol. The van der Waals surface area contributed by atoms with E-state index in [-0.39, 0.29) is 11.8 Å². The van der Waals surface area contributed by atoms with Gasteiger partial charge in [0.05, 0.1) is 5.54 Å². The van der Waals surface area contributed by atoms with Crippen molar-refractivity contribution in [2.75, 3.05) is 6.54 Å². The van der Waals surface area contributed by atoms with Crippen LogP contribution in [0.3, 0.4) is 0 Å². The maximum Gasteiger partial charge on any atom is 0.246 e. The summed E-state index contributed by atoms with van der Waals surface area (Å²) < 4.78 is 0. The molecule has 0 unspecified atom stereocenters. The van der Waals surface area contributed by atoms with Crippen molar-refractivity contribution in [3.63, 3.8) is 0 Å². The molecule has 0 bridgehead atoms. The Labute approximate surface area is 219 Å². The molecule has 0 aliphatic heterocycles. The van der Waals surface area contributed by atoms with Crippen LogP contribution >= 0.6 is 0 Å². The first-order chi connectivity index (χ1) is 16.5. The second-order valence-electron chi connectivity index (χ2n) is 12.2. The van der Waals surface area contributed by atoms with E-state index in [9.17, 15) is 24.0 Å². The third-order valence-corrected chi connectivity index (χ3v) is 5.89. The molecule has 1 aliphatic carbocycles. The third kappa shape index (κ3) is 8.99. The zero-order valence-electron chi connectivity index (χ0n) is 23.7. The Kier molecular flexibility index (Phi) is 9.49. The Morgan fingerprint density at radius 2 is 0.865 bits per heavy atom. The van der Waals surface area contributed by atoms with E-state index in [1.807, 2.05) is 24.3 Å². The fraction of sp³-hybridized carbons (Fsp3) is 0.654. The molecule has 0 radical (unpaired) electrons. The minimum absolute atomic E-state index is 0.101. The SMILES string of the molecule is CC(C)(N)C(=O)NC(C)(C)C(=O)NC(C)(C)C(=O)NC(C)(C)C(=O)NC(C)(C)C(=O)NCC1C=CC=C1. The Bertz CT molecular complexity index is 974. The van der Waals surface area contributed by atoms with Gasteiger partial charge in [-0.2, -0.15) is 0 Å². The summed E-state index contributed by atoms with van der Waals surface area (Å²) in [6, 6.07) is 0. The van der Waals surface area contributed by atoms with Gasteiger partial charge in [0.1, 0.15) is 22.2 Å². The Morgan fingerprint density at radius 3 is 1.19 bits per heavy atom. The van der Waals surface area contributed by atoms with Gasteiger partial charge in [-0.05, 0) is 69.2 Å². The molecular weight excluding hydrogens is 476 g/mol. The molecule has 5 amide bonds. The van der Waals surface area contributed by atoms with E-state index in [0.29, 0.717) is 6.54 Å². The molecule has 0 saturated carbocycles. The van der Waals surface area contributed by atoms with Crippen LogP contribution < -0.4 is 32.3 Å². The summed E-state index contributed by atoms with van der Waals surface area (Å²) in [5.74, 6) is -2.63. The number of nitrogens with one attached hydrogen (secondary N) is 5. The van der Waals surface area contributed by atoms with E-state index in [2.05, 4.69) is 26.6 Å². The molecule has 7 N–H and O–H groups in total. The van der Waals surface area contributed by atoms with Crippen molar-refractivity contribution in [3.8, 4) is 0 Å². The van der Waals surface area contributed by atoms with Gasteiger partial charge < -0.3 is 32.3 Å². The fourth-order valence-corrected chi connectivity index (χ4v) is 3.04. The van der Waals surface area contributed by atoms with Crippen molar-refractivity contribution < 1.29 is 24.0 Å². The lowest BCUT2D eigenvalue weighted by molar-refractivity contribution is -0.141. The normalized spacial score (nSPS) is 14.7. The number of rotatable bonds is 11. The van der Waals surface area contributed by atoms with Crippen molar-refractivity contribution >= 4 is 29.5 Å². The highest BCUT2D eigenvalue weighted by Gasteiger charge is 2.42. The predicted octanol–water partition coefficient (Wildman–Crippen LogP) is 0.161. The molecule has 11 nitrogen and oxygen atoms in total. The van der Waals surface area contributed by atoms with Gasteiger partial charge in [-0.3, -0.25) is 24.0 Å². The Balaban J connectivity index is 2.80. The van der Waals surface area contributed by atoms with Gasteiger partial charge in [0, 0.05) is 12.5 Å². The minimum Gasteiger partial charge on any atom is -0.353 e. The number of carbonyl (C=O) groups excluding carboxylic acids is 5. The zero-order chi connectivity index (χ0) is 29.0. The van der Waals surface area contributed by atoms with E-state index >= 15 is 0 Å². The molecule has 0 spiro atoms. The highest BCUT2D eigenvalue weighted by atomic mass is 16.2. The molecule has 0 aromatic carbocycles. The lowest BCUT2D eigenvalue weighted by Crippen LogP contribution is -2.68. The molecule has 1 aliphatic rings. The molecular formula is C26H44N6O5. The minimum atomic E-state index is -1.44. The van der Waals surface area contributed by atoms with Crippen LogP contribution in [0.2, 0.25) is 0 Å². The van der Waals surface area contributed by atoms with Crippen LogP contribution in [0.25, 0.3) is 0 Å². The maximum absolute atomic E-state index is 13.1. The van der Waals surface area contributed by atoms with Gasteiger partial charge >= 0.3 is 0 Å². The van der Waals surface area contributed by atoms with Crippen LogP contribution in [-0.2, 0) is 24.0 Å². The molecule has 0 heterocycles. The smallest absolute Gasteiger partial charge is 0.246 e. The largest absolute Gasteiger partial charge is 0.353 e. The quantitative estimate of drug-likeness (QED) is 0.226. The topological polar surface area (TPSA) is 172 Å². The summed E-state index contributed by atoms with van der Waals surface area (Å²) in [4.78, 5) is 63.9. The van der Waals surface area contributed by atoms with E-state index < -0.39 is 51.3 Å². The van der Waals surface area contributed by atoms with E-state index in [0.717, 1.165) is 0 Å². The number of amides is 5. The maximum atomic E-state index is 13.1. The number of nitrogens with two attached hydrogens (primary N) is 1. The van der Waals surface area contributed by atoms with Gasteiger partial charge in [-0.1, -0.05) is 24.3 Å². The number of carbonyl (C=O) groups is 5. The van der Waals surface area contributed by atoms with Crippen molar-refractivity contribution in [2.45, 2.75) is 96.9 Å². The Morgan fingerprint density at radius 1 is 0.568 bits per heavy atom. The van der Waals surface area contributed by atoms with Crippen LogP contribution in [0, 0.1) is 5.92 Å². The van der Waals surface area contributed by atoms with E-state index in [1.54, 1.807) is 13.8 Å². The zero-order valence-corrected chi connectivity index (χ0v) is 23.7. The van der Waals surface area contributed by atoms with Crippen molar-refractivity contribution in [3.05, 3.63) is 24.3 Å². The summed E-state index contributed by atoms with van der Waals surface area (Å²) in [6.45, 7) is 15.5. The molecule has 11 heteroatoms. The van der Waals surface area contributed by atoms with Gasteiger partial charge in [-0.15, -0.1) is 0 Å². The summed E-state index contributed by atoms with van der Waals surface area (Å²) in [7, 11) is 0. The first-order valence-electron chi connectivity index (χ1n) is 12.2. The Hall–Kier alpha value is -3.21. The van der Waals surface area contributed by atoms with E-state index in [4.69, 9.17) is 5.73 Å².